The van der Waals surface area contributed by atoms with Gasteiger partial charge < -0.3 is 15.7 Å². The fraction of sp³-hybridized carbons (Fsp3) is 0.423. The van der Waals surface area contributed by atoms with Gasteiger partial charge in [0.05, 0.1) is 11.1 Å². The summed E-state index contributed by atoms with van der Waals surface area (Å²) in [6.07, 6.45) is -2.00. The number of amides is 2. The summed E-state index contributed by atoms with van der Waals surface area (Å²) in [4.78, 5) is 37.0. The molecule has 2 atom stereocenters. The highest BCUT2D eigenvalue weighted by Crippen LogP contribution is 2.33. The molecule has 0 aliphatic rings. The van der Waals surface area contributed by atoms with Crippen molar-refractivity contribution in [1.82, 2.24) is 5.32 Å². The maximum atomic E-state index is 13.3. The van der Waals surface area contributed by atoms with Crippen LogP contribution in [-0.2, 0) is 22.2 Å². The van der Waals surface area contributed by atoms with Crippen LogP contribution < -0.4 is 10.6 Å². The van der Waals surface area contributed by atoms with E-state index < -0.39 is 46.5 Å². The highest BCUT2D eigenvalue weighted by Gasteiger charge is 2.36. The van der Waals surface area contributed by atoms with Gasteiger partial charge >= 0.3 is 12.1 Å². The highest BCUT2D eigenvalue weighted by molar-refractivity contribution is 6.05. The molecule has 0 aromatic heterocycles. The topological polar surface area (TPSA) is 95.5 Å². The predicted octanol–water partition coefficient (Wildman–Crippen LogP) is 5.82. The summed E-state index contributed by atoms with van der Waals surface area (Å²) < 4.78 is 52.9. The number of alkyl halides is 3. The van der Waals surface area contributed by atoms with Crippen LogP contribution in [0.25, 0.3) is 0 Å². The van der Waals surface area contributed by atoms with Gasteiger partial charge in [0.25, 0.3) is 5.91 Å². The van der Waals surface area contributed by atoms with E-state index in [9.17, 15) is 37.1 Å². The van der Waals surface area contributed by atoms with Gasteiger partial charge in [0, 0.05) is 17.5 Å². The van der Waals surface area contributed by atoms with E-state index >= 15 is 0 Å². The van der Waals surface area contributed by atoms with Crippen LogP contribution in [0.2, 0.25) is 0 Å². The molecule has 2 rings (SSSR count). The molecule has 0 bridgehead atoms. The van der Waals surface area contributed by atoms with Crippen LogP contribution in [0.3, 0.4) is 0 Å². The first kappa shape index (κ1) is 28.8. The Morgan fingerprint density at radius 3 is 2.19 bits per heavy atom. The quantitative estimate of drug-likeness (QED) is 0.332. The van der Waals surface area contributed by atoms with Crippen molar-refractivity contribution in [2.24, 2.45) is 5.41 Å². The first-order chi connectivity index (χ1) is 16.8. The zero-order valence-electron chi connectivity index (χ0n) is 20.3. The molecular formula is C26H30F4N2O4. The molecule has 0 spiro atoms. The van der Waals surface area contributed by atoms with E-state index in [1.54, 1.807) is 6.92 Å². The van der Waals surface area contributed by atoms with Crippen LogP contribution in [-0.4, -0.2) is 28.9 Å². The van der Waals surface area contributed by atoms with Gasteiger partial charge in [-0.25, -0.2) is 9.18 Å². The molecule has 0 aliphatic carbocycles. The van der Waals surface area contributed by atoms with Gasteiger partial charge in [-0.15, -0.1) is 0 Å². The summed E-state index contributed by atoms with van der Waals surface area (Å²) in [5.74, 6) is -3.73. The van der Waals surface area contributed by atoms with Crippen LogP contribution in [0, 0.1) is 11.2 Å². The molecule has 0 aliphatic heterocycles. The standard InChI is InChI=1S/C26H30F4N2O4/c1-4-6-13-25(3,5-2)24(36)32-21(23(34)35)14-16-7-10-18(11-8-16)31-22(33)19-12-9-17(27)15-20(19)26(28,29)30/h7-12,15,21H,4-6,13-14H2,1-3H3,(H,31,33)(H,32,36)(H,34,35)/t21-,25?/m0/s1. The van der Waals surface area contributed by atoms with Crippen molar-refractivity contribution in [1.29, 1.82) is 0 Å². The number of unbranched alkanes of at least 4 members (excludes halogenated alkanes) is 1. The van der Waals surface area contributed by atoms with Crippen LogP contribution in [0.1, 0.15) is 67.9 Å². The van der Waals surface area contributed by atoms with Crippen molar-refractivity contribution in [3.63, 3.8) is 0 Å². The number of halogens is 4. The van der Waals surface area contributed by atoms with Gasteiger partial charge in [0.15, 0.2) is 0 Å². The van der Waals surface area contributed by atoms with Crippen LogP contribution in [0.5, 0.6) is 0 Å². The van der Waals surface area contributed by atoms with Crippen molar-refractivity contribution >= 4 is 23.5 Å². The van der Waals surface area contributed by atoms with Crippen LogP contribution >= 0.6 is 0 Å². The molecule has 0 saturated carbocycles. The van der Waals surface area contributed by atoms with Crippen molar-refractivity contribution in [3.8, 4) is 0 Å². The Balaban J connectivity index is 2.12. The lowest BCUT2D eigenvalue weighted by Crippen LogP contribution is -2.48. The van der Waals surface area contributed by atoms with Crippen molar-refractivity contribution in [2.45, 2.75) is 65.1 Å². The third-order valence-corrected chi connectivity index (χ3v) is 6.20. The largest absolute Gasteiger partial charge is 0.480 e. The van der Waals surface area contributed by atoms with Crippen LogP contribution in [0.15, 0.2) is 42.5 Å². The van der Waals surface area contributed by atoms with Crippen molar-refractivity contribution < 1.29 is 37.1 Å². The average Bonchev–Trinajstić information content (AvgIpc) is 2.82. The van der Waals surface area contributed by atoms with Crippen molar-refractivity contribution in [2.75, 3.05) is 5.32 Å². The summed E-state index contributed by atoms with van der Waals surface area (Å²) in [7, 11) is 0. The number of carbonyl (C=O) groups excluding carboxylic acids is 2. The van der Waals surface area contributed by atoms with Crippen LogP contribution in [0.4, 0.5) is 23.2 Å². The maximum absolute atomic E-state index is 13.3. The van der Waals surface area contributed by atoms with Gasteiger partial charge in [-0.3, -0.25) is 9.59 Å². The van der Waals surface area contributed by atoms with Gasteiger partial charge in [-0.1, -0.05) is 45.7 Å². The summed E-state index contributed by atoms with van der Waals surface area (Å²) in [6, 6.07) is 6.41. The summed E-state index contributed by atoms with van der Waals surface area (Å²) in [6.45, 7) is 5.69. The SMILES string of the molecule is CCCCC(C)(CC)C(=O)N[C@@H](Cc1ccc(NC(=O)c2ccc(F)cc2C(F)(F)F)cc1)C(=O)O. The molecule has 36 heavy (non-hydrogen) atoms. The molecule has 2 aromatic rings. The number of carboxylic acids is 1. The Labute approximate surface area is 207 Å². The molecular weight excluding hydrogens is 480 g/mol. The minimum atomic E-state index is -4.92. The first-order valence-corrected chi connectivity index (χ1v) is 11.6. The average molecular weight is 511 g/mol. The molecule has 2 aromatic carbocycles. The third-order valence-electron chi connectivity index (χ3n) is 6.20. The Kier molecular flexibility index (Phi) is 9.61. The molecule has 10 heteroatoms. The summed E-state index contributed by atoms with van der Waals surface area (Å²) in [5.41, 5.74) is -2.12. The van der Waals surface area contributed by atoms with E-state index in [0.717, 1.165) is 25.0 Å². The van der Waals surface area contributed by atoms with E-state index in [1.165, 1.54) is 24.3 Å². The second kappa shape index (κ2) is 12.0. The van der Waals surface area contributed by atoms with Gasteiger partial charge in [-0.05, 0) is 48.7 Å². The lowest BCUT2D eigenvalue weighted by Gasteiger charge is -2.28. The Morgan fingerprint density at radius 1 is 1.03 bits per heavy atom. The molecule has 2 amide bonds. The zero-order valence-corrected chi connectivity index (χ0v) is 20.3. The lowest BCUT2D eigenvalue weighted by atomic mass is 9.81. The Morgan fingerprint density at radius 2 is 1.67 bits per heavy atom. The molecule has 3 N–H and O–H groups in total. The molecule has 0 saturated heterocycles. The Hall–Kier alpha value is -3.43. The maximum Gasteiger partial charge on any atom is 0.417 e. The number of hydrogen-bond acceptors (Lipinski definition) is 3. The van der Waals surface area contributed by atoms with Gasteiger partial charge in [0.2, 0.25) is 5.91 Å². The number of nitrogens with one attached hydrogen (secondary N) is 2. The molecule has 1 unspecified atom stereocenters. The summed E-state index contributed by atoms with van der Waals surface area (Å²) in [5, 5.41) is 14.6. The number of hydrogen-bond donors (Lipinski definition) is 3. The van der Waals surface area contributed by atoms with E-state index in [0.29, 0.717) is 18.4 Å². The number of carboxylic acid groups (broad SMARTS) is 1. The molecule has 196 valence electrons. The minimum Gasteiger partial charge on any atom is -0.480 e. The van der Waals surface area contributed by atoms with E-state index in [2.05, 4.69) is 10.6 Å². The number of carbonyl (C=O) groups is 3. The monoisotopic (exact) mass is 510 g/mol. The molecule has 0 radical (unpaired) electrons. The second-order valence-electron chi connectivity index (χ2n) is 8.92. The zero-order chi connectivity index (χ0) is 27.1. The fourth-order valence-electron chi connectivity index (χ4n) is 3.66. The van der Waals surface area contributed by atoms with E-state index in [-0.39, 0.29) is 24.1 Å². The van der Waals surface area contributed by atoms with E-state index in [4.69, 9.17) is 0 Å². The number of rotatable bonds is 11. The number of benzene rings is 2. The van der Waals surface area contributed by atoms with E-state index in [1.807, 2.05) is 13.8 Å². The highest BCUT2D eigenvalue weighted by atomic mass is 19.4. The summed E-state index contributed by atoms with van der Waals surface area (Å²) >= 11 is 0. The molecule has 0 heterocycles. The predicted molar refractivity (Wildman–Crippen MR) is 127 cm³/mol. The number of anilines is 1. The lowest BCUT2D eigenvalue weighted by molar-refractivity contribution is -0.143. The Bertz CT molecular complexity index is 1090. The number of aliphatic carboxylic acids is 1. The van der Waals surface area contributed by atoms with Crippen molar-refractivity contribution in [3.05, 3.63) is 65.0 Å². The minimum absolute atomic E-state index is 0.0287. The molecule has 0 fully saturated rings. The molecule has 6 nitrogen and oxygen atoms in total. The van der Waals surface area contributed by atoms with Gasteiger partial charge in [-0.2, -0.15) is 13.2 Å². The smallest absolute Gasteiger partial charge is 0.417 e. The second-order valence-corrected chi connectivity index (χ2v) is 8.92. The third kappa shape index (κ3) is 7.53. The normalized spacial score (nSPS) is 14.0. The fourth-order valence-corrected chi connectivity index (χ4v) is 3.66. The van der Waals surface area contributed by atoms with Gasteiger partial charge in [0.1, 0.15) is 11.9 Å². The first-order valence-electron chi connectivity index (χ1n) is 11.6.